The average molecular weight is 249 g/mol. The van der Waals surface area contributed by atoms with Gasteiger partial charge in [-0.2, -0.15) is 0 Å². The number of hydrogen-bond donors (Lipinski definition) is 2. The van der Waals surface area contributed by atoms with Gasteiger partial charge in [0.15, 0.2) is 0 Å². The smallest absolute Gasteiger partial charge is 0.251 e. The van der Waals surface area contributed by atoms with Gasteiger partial charge < -0.3 is 10.6 Å². The van der Waals surface area contributed by atoms with Crippen molar-refractivity contribution in [2.24, 2.45) is 0 Å². The molecule has 0 radical (unpaired) electrons. The van der Waals surface area contributed by atoms with Crippen molar-refractivity contribution in [2.75, 3.05) is 11.9 Å². The molecule has 4 nitrogen and oxygen atoms in total. The van der Waals surface area contributed by atoms with Crippen molar-refractivity contribution in [1.82, 2.24) is 10.3 Å². The third-order valence-corrected chi connectivity index (χ3v) is 2.76. The first-order chi connectivity index (χ1) is 8.56. The van der Waals surface area contributed by atoms with Crippen LogP contribution in [0.3, 0.4) is 0 Å². The SMILES string of the molecule is CCCNc1cc(C(=O)NC(C)CC)cc(C)n1. The first-order valence-electron chi connectivity index (χ1n) is 6.60. The highest BCUT2D eigenvalue weighted by atomic mass is 16.1. The molecule has 18 heavy (non-hydrogen) atoms. The lowest BCUT2D eigenvalue weighted by Crippen LogP contribution is -2.32. The van der Waals surface area contributed by atoms with Crippen molar-refractivity contribution in [2.45, 2.75) is 46.6 Å². The minimum absolute atomic E-state index is 0.0330. The molecule has 1 aromatic heterocycles. The van der Waals surface area contributed by atoms with Crippen LogP contribution in [0.5, 0.6) is 0 Å². The predicted octanol–water partition coefficient (Wildman–Crippen LogP) is 2.74. The van der Waals surface area contributed by atoms with Crippen molar-refractivity contribution in [1.29, 1.82) is 0 Å². The van der Waals surface area contributed by atoms with Gasteiger partial charge >= 0.3 is 0 Å². The number of amides is 1. The van der Waals surface area contributed by atoms with Crippen LogP contribution in [0.15, 0.2) is 12.1 Å². The van der Waals surface area contributed by atoms with Crippen LogP contribution in [0, 0.1) is 6.92 Å². The Morgan fingerprint density at radius 2 is 2.11 bits per heavy atom. The van der Waals surface area contributed by atoms with Crippen molar-refractivity contribution in [3.8, 4) is 0 Å². The maximum absolute atomic E-state index is 12.0. The van der Waals surface area contributed by atoms with E-state index >= 15 is 0 Å². The maximum atomic E-state index is 12.0. The molecule has 100 valence electrons. The highest BCUT2D eigenvalue weighted by Gasteiger charge is 2.10. The number of nitrogens with one attached hydrogen (secondary N) is 2. The van der Waals surface area contributed by atoms with Crippen molar-refractivity contribution in [3.05, 3.63) is 23.4 Å². The zero-order valence-corrected chi connectivity index (χ0v) is 11.7. The van der Waals surface area contributed by atoms with Gasteiger partial charge in [-0.05, 0) is 38.8 Å². The second-order valence-corrected chi connectivity index (χ2v) is 4.59. The summed E-state index contributed by atoms with van der Waals surface area (Å²) in [5, 5.41) is 6.17. The second-order valence-electron chi connectivity index (χ2n) is 4.59. The molecule has 0 fully saturated rings. The van der Waals surface area contributed by atoms with E-state index in [1.807, 2.05) is 19.9 Å². The molecule has 0 spiro atoms. The minimum atomic E-state index is -0.0330. The van der Waals surface area contributed by atoms with E-state index in [4.69, 9.17) is 0 Å². The molecule has 2 N–H and O–H groups in total. The Balaban J connectivity index is 2.81. The zero-order chi connectivity index (χ0) is 13.5. The summed E-state index contributed by atoms with van der Waals surface area (Å²) in [6.45, 7) is 8.92. The highest BCUT2D eigenvalue weighted by Crippen LogP contribution is 2.10. The summed E-state index contributed by atoms with van der Waals surface area (Å²) in [6.07, 6.45) is 1.96. The third-order valence-electron chi connectivity index (χ3n) is 2.76. The van der Waals surface area contributed by atoms with Crippen molar-refractivity contribution >= 4 is 11.7 Å². The Morgan fingerprint density at radius 3 is 2.72 bits per heavy atom. The number of aromatic nitrogens is 1. The summed E-state index contributed by atoms with van der Waals surface area (Å²) in [5.41, 5.74) is 1.52. The molecule has 0 saturated heterocycles. The molecule has 0 aliphatic heterocycles. The van der Waals surface area contributed by atoms with Crippen LogP contribution >= 0.6 is 0 Å². The van der Waals surface area contributed by atoms with Gasteiger partial charge in [0.1, 0.15) is 5.82 Å². The molecule has 1 aromatic rings. The van der Waals surface area contributed by atoms with Gasteiger partial charge in [0.05, 0.1) is 0 Å². The molecule has 1 rings (SSSR count). The molecular formula is C14H23N3O. The van der Waals surface area contributed by atoms with E-state index in [9.17, 15) is 4.79 Å². The zero-order valence-electron chi connectivity index (χ0n) is 11.7. The number of carbonyl (C=O) groups excluding carboxylic acids is 1. The first-order valence-corrected chi connectivity index (χ1v) is 6.60. The van der Waals surface area contributed by atoms with Crippen LogP contribution in [0.4, 0.5) is 5.82 Å². The Morgan fingerprint density at radius 1 is 1.39 bits per heavy atom. The second kappa shape index (κ2) is 6.99. The molecule has 1 amide bonds. The van der Waals surface area contributed by atoms with E-state index in [1.54, 1.807) is 6.07 Å². The molecule has 1 heterocycles. The van der Waals surface area contributed by atoms with Gasteiger partial charge in [0.2, 0.25) is 0 Å². The van der Waals surface area contributed by atoms with E-state index in [1.165, 1.54) is 0 Å². The van der Waals surface area contributed by atoms with Crippen LogP contribution in [-0.4, -0.2) is 23.5 Å². The first kappa shape index (κ1) is 14.5. The maximum Gasteiger partial charge on any atom is 0.251 e. The largest absolute Gasteiger partial charge is 0.370 e. The van der Waals surface area contributed by atoms with Gasteiger partial charge in [-0.1, -0.05) is 13.8 Å². The summed E-state index contributed by atoms with van der Waals surface area (Å²) in [4.78, 5) is 16.4. The van der Waals surface area contributed by atoms with Gasteiger partial charge in [-0.25, -0.2) is 4.98 Å². The monoisotopic (exact) mass is 249 g/mol. The minimum Gasteiger partial charge on any atom is -0.370 e. The van der Waals surface area contributed by atoms with E-state index in [0.29, 0.717) is 5.56 Å². The van der Waals surface area contributed by atoms with Gasteiger partial charge in [-0.15, -0.1) is 0 Å². The van der Waals surface area contributed by atoms with Crippen LogP contribution in [0.25, 0.3) is 0 Å². The average Bonchev–Trinajstić information content (AvgIpc) is 2.35. The third kappa shape index (κ3) is 4.35. The van der Waals surface area contributed by atoms with Gasteiger partial charge in [0, 0.05) is 23.8 Å². The number of anilines is 1. The van der Waals surface area contributed by atoms with E-state index in [0.717, 1.165) is 30.9 Å². The van der Waals surface area contributed by atoms with Crippen LogP contribution in [0.2, 0.25) is 0 Å². The Bertz CT molecular complexity index is 404. The number of rotatable bonds is 6. The quantitative estimate of drug-likeness (QED) is 0.815. The Kier molecular flexibility index (Phi) is 5.62. The number of hydrogen-bond acceptors (Lipinski definition) is 3. The molecule has 0 bridgehead atoms. The molecule has 0 saturated carbocycles. The van der Waals surface area contributed by atoms with Gasteiger partial charge in [0.25, 0.3) is 5.91 Å². The molecule has 4 heteroatoms. The Hall–Kier alpha value is -1.58. The fraction of sp³-hybridized carbons (Fsp3) is 0.571. The molecule has 0 aliphatic rings. The summed E-state index contributed by atoms with van der Waals surface area (Å²) < 4.78 is 0. The standard InChI is InChI=1S/C14H23N3O/c1-5-7-15-13-9-12(8-11(4)16-13)14(18)17-10(3)6-2/h8-10H,5-7H2,1-4H3,(H,15,16)(H,17,18). The molecule has 1 atom stereocenters. The molecule has 0 aromatic carbocycles. The molecule has 1 unspecified atom stereocenters. The fourth-order valence-corrected chi connectivity index (χ4v) is 1.55. The fourth-order valence-electron chi connectivity index (χ4n) is 1.55. The Labute approximate surface area is 109 Å². The number of carbonyl (C=O) groups is 1. The van der Waals surface area contributed by atoms with Crippen molar-refractivity contribution in [3.63, 3.8) is 0 Å². The molecular weight excluding hydrogens is 226 g/mol. The summed E-state index contributed by atoms with van der Waals surface area (Å²) in [6, 6.07) is 3.81. The number of pyridine rings is 1. The van der Waals surface area contributed by atoms with E-state index in [-0.39, 0.29) is 11.9 Å². The topological polar surface area (TPSA) is 54.0 Å². The summed E-state index contributed by atoms with van der Waals surface area (Å²) in [5.74, 6) is 0.737. The number of nitrogens with zero attached hydrogens (tertiary/aromatic N) is 1. The lowest BCUT2D eigenvalue weighted by Gasteiger charge is -2.13. The lowest BCUT2D eigenvalue weighted by atomic mass is 10.2. The van der Waals surface area contributed by atoms with Crippen LogP contribution in [0.1, 0.15) is 49.7 Å². The predicted molar refractivity (Wildman–Crippen MR) is 75.0 cm³/mol. The van der Waals surface area contributed by atoms with E-state index in [2.05, 4.69) is 29.5 Å². The molecule has 0 aliphatic carbocycles. The number of aryl methyl sites for hydroxylation is 1. The van der Waals surface area contributed by atoms with Crippen molar-refractivity contribution < 1.29 is 4.79 Å². The van der Waals surface area contributed by atoms with E-state index < -0.39 is 0 Å². The van der Waals surface area contributed by atoms with Crippen LogP contribution in [-0.2, 0) is 0 Å². The normalized spacial score (nSPS) is 12.0. The van der Waals surface area contributed by atoms with Crippen LogP contribution < -0.4 is 10.6 Å². The highest BCUT2D eigenvalue weighted by molar-refractivity contribution is 5.95. The summed E-state index contributed by atoms with van der Waals surface area (Å²) in [7, 11) is 0. The summed E-state index contributed by atoms with van der Waals surface area (Å²) >= 11 is 0. The lowest BCUT2D eigenvalue weighted by molar-refractivity contribution is 0.0939. The van der Waals surface area contributed by atoms with Gasteiger partial charge in [-0.3, -0.25) is 4.79 Å².